The van der Waals surface area contributed by atoms with Gasteiger partial charge in [-0.25, -0.2) is 8.78 Å². The maximum Gasteiger partial charge on any atom is 0.299 e. The molecule has 0 aliphatic rings. The zero-order valence-electron chi connectivity index (χ0n) is 15.3. The lowest BCUT2D eigenvalue weighted by atomic mass is 10.2. The Labute approximate surface area is 172 Å². The molecule has 11 heteroatoms. The van der Waals surface area contributed by atoms with Crippen molar-refractivity contribution in [1.82, 2.24) is 34.6 Å². The van der Waals surface area contributed by atoms with Gasteiger partial charge in [0, 0.05) is 5.56 Å². The third kappa shape index (κ3) is 3.43. The van der Waals surface area contributed by atoms with Gasteiger partial charge in [-0.3, -0.25) is 4.57 Å². The molecule has 0 unspecified atom stereocenters. The van der Waals surface area contributed by atoms with Crippen LogP contribution in [0.2, 0.25) is 0 Å². The minimum Gasteiger partial charge on any atom is -0.467 e. The number of hydrogen-bond donors (Lipinski definition) is 0. The van der Waals surface area contributed by atoms with E-state index >= 15 is 0 Å². The molecule has 0 saturated heterocycles. The second-order valence-corrected chi connectivity index (χ2v) is 7.23. The van der Waals surface area contributed by atoms with Crippen molar-refractivity contribution in [1.29, 1.82) is 0 Å². The first kappa shape index (κ1) is 18.4. The van der Waals surface area contributed by atoms with E-state index in [0.717, 1.165) is 15.8 Å². The lowest BCUT2D eigenvalue weighted by Crippen LogP contribution is -2.04. The minimum atomic E-state index is -2.78. The van der Waals surface area contributed by atoms with Crippen LogP contribution in [-0.4, -0.2) is 34.6 Å². The molecule has 1 aromatic carbocycles. The highest BCUT2D eigenvalue weighted by atomic mass is 32.2. The second-order valence-electron chi connectivity index (χ2n) is 6.24. The fraction of sp³-hybridized carbons (Fsp3) is 0.105. The second kappa shape index (κ2) is 7.67. The van der Waals surface area contributed by atoms with E-state index in [4.69, 9.17) is 4.42 Å². The standard InChI is InChI=1S/C19H13F2N7OS/c20-16(21)18-24-22-14-8-9-15(26-28(14)18)30-19-25-23-17(12-5-2-1-3-6-12)27(19)11-13-7-4-10-29-13/h1-10,16H,11H2. The van der Waals surface area contributed by atoms with Gasteiger partial charge in [0.25, 0.3) is 6.43 Å². The van der Waals surface area contributed by atoms with E-state index in [9.17, 15) is 8.78 Å². The maximum absolute atomic E-state index is 13.1. The lowest BCUT2D eigenvalue weighted by Gasteiger charge is -2.08. The largest absolute Gasteiger partial charge is 0.467 e. The van der Waals surface area contributed by atoms with Crippen LogP contribution in [0.1, 0.15) is 18.0 Å². The fourth-order valence-electron chi connectivity index (χ4n) is 2.94. The van der Waals surface area contributed by atoms with E-state index in [-0.39, 0.29) is 5.65 Å². The predicted molar refractivity (Wildman–Crippen MR) is 103 cm³/mol. The van der Waals surface area contributed by atoms with Gasteiger partial charge in [0.05, 0.1) is 12.8 Å². The zero-order valence-corrected chi connectivity index (χ0v) is 16.1. The summed E-state index contributed by atoms with van der Waals surface area (Å²) in [6.07, 6.45) is -1.18. The van der Waals surface area contributed by atoms with Crippen molar-refractivity contribution < 1.29 is 13.2 Å². The molecule has 4 heterocycles. The highest BCUT2D eigenvalue weighted by Crippen LogP contribution is 2.30. The van der Waals surface area contributed by atoms with Crippen LogP contribution >= 0.6 is 11.8 Å². The number of fused-ring (bicyclic) bond motifs is 1. The first-order valence-electron chi connectivity index (χ1n) is 8.88. The average molecular weight is 425 g/mol. The molecule has 5 rings (SSSR count). The molecule has 8 nitrogen and oxygen atoms in total. The number of furan rings is 1. The molecule has 0 bridgehead atoms. The van der Waals surface area contributed by atoms with E-state index in [1.165, 1.54) is 11.8 Å². The topological polar surface area (TPSA) is 86.9 Å². The van der Waals surface area contributed by atoms with Crippen LogP contribution in [0.4, 0.5) is 8.78 Å². The molecule has 0 saturated carbocycles. The van der Waals surface area contributed by atoms with Crippen LogP contribution in [0.3, 0.4) is 0 Å². The maximum atomic E-state index is 13.1. The van der Waals surface area contributed by atoms with Gasteiger partial charge in [-0.15, -0.1) is 20.4 Å². The van der Waals surface area contributed by atoms with Gasteiger partial charge in [-0.05, 0) is 36.0 Å². The first-order chi connectivity index (χ1) is 14.7. The molecule has 5 aromatic rings. The Morgan fingerprint density at radius 2 is 1.80 bits per heavy atom. The van der Waals surface area contributed by atoms with Gasteiger partial charge >= 0.3 is 0 Å². The summed E-state index contributed by atoms with van der Waals surface area (Å²) in [7, 11) is 0. The predicted octanol–water partition coefficient (Wildman–Crippen LogP) is 4.11. The normalized spacial score (nSPS) is 11.6. The van der Waals surface area contributed by atoms with Crippen LogP contribution in [0.25, 0.3) is 17.0 Å². The Kier molecular flexibility index (Phi) is 4.71. The molecule has 0 N–H and O–H groups in total. The summed E-state index contributed by atoms with van der Waals surface area (Å²) in [6, 6.07) is 16.6. The molecule has 150 valence electrons. The SMILES string of the molecule is FC(F)c1nnc2ccc(Sc3nnc(-c4ccccc4)n3Cc3ccco3)nn12. The summed E-state index contributed by atoms with van der Waals surface area (Å²) in [4.78, 5) is 0. The molecule has 0 spiro atoms. The number of halogens is 2. The molecular weight excluding hydrogens is 412 g/mol. The smallest absolute Gasteiger partial charge is 0.299 e. The summed E-state index contributed by atoms with van der Waals surface area (Å²) in [6.45, 7) is 0.406. The van der Waals surface area contributed by atoms with Crippen LogP contribution in [-0.2, 0) is 6.54 Å². The molecule has 0 aliphatic heterocycles. The lowest BCUT2D eigenvalue weighted by molar-refractivity contribution is 0.137. The Balaban J connectivity index is 1.55. The van der Waals surface area contributed by atoms with Crippen molar-refractivity contribution in [2.75, 3.05) is 0 Å². The number of hydrogen-bond acceptors (Lipinski definition) is 7. The van der Waals surface area contributed by atoms with Crippen molar-refractivity contribution in [3.63, 3.8) is 0 Å². The van der Waals surface area contributed by atoms with E-state index in [1.54, 1.807) is 18.4 Å². The van der Waals surface area contributed by atoms with E-state index in [0.29, 0.717) is 22.6 Å². The quantitative estimate of drug-likeness (QED) is 0.405. The third-order valence-electron chi connectivity index (χ3n) is 4.30. The molecule has 4 aromatic heterocycles. The van der Waals surface area contributed by atoms with E-state index < -0.39 is 12.2 Å². The number of rotatable bonds is 6. The number of benzene rings is 1. The number of nitrogens with zero attached hydrogens (tertiary/aromatic N) is 7. The van der Waals surface area contributed by atoms with Crippen molar-refractivity contribution in [2.45, 2.75) is 23.2 Å². The van der Waals surface area contributed by atoms with Gasteiger partial charge in [0.1, 0.15) is 10.8 Å². The van der Waals surface area contributed by atoms with E-state index in [2.05, 4.69) is 25.5 Å². The summed E-state index contributed by atoms with van der Waals surface area (Å²) in [5, 5.41) is 21.1. The molecule has 0 aliphatic carbocycles. The monoisotopic (exact) mass is 425 g/mol. The van der Waals surface area contributed by atoms with Gasteiger partial charge in [0.15, 0.2) is 16.6 Å². The van der Waals surface area contributed by atoms with Crippen molar-refractivity contribution in [2.24, 2.45) is 0 Å². The van der Waals surface area contributed by atoms with Gasteiger partial charge < -0.3 is 4.42 Å². The van der Waals surface area contributed by atoms with Crippen LogP contribution in [0.15, 0.2) is 75.5 Å². The Bertz CT molecular complexity index is 1290. The molecule has 30 heavy (non-hydrogen) atoms. The number of aromatic nitrogens is 7. The number of alkyl halides is 2. The molecule has 0 radical (unpaired) electrons. The fourth-order valence-corrected chi connectivity index (χ4v) is 3.73. The zero-order chi connectivity index (χ0) is 20.5. The summed E-state index contributed by atoms with van der Waals surface area (Å²) >= 11 is 1.21. The van der Waals surface area contributed by atoms with Crippen molar-refractivity contribution >= 4 is 17.4 Å². The molecule has 0 amide bonds. The summed E-state index contributed by atoms with van der Waals surface area (Å²) in [5.41, 5.74) is 1.14. The van der Waals surface area contributed by atoms with Gasteiger partial charge in [-0.2, -0.15) is 9.61 Å². The van der Waals surface area contributed by atoms with Crippen molar-refractivity contribution in [3.8, 4) is 11.4 Å². The summed E-state index contributed by atoms with van der Waals surface area (Å²) < 4.78 is 34.7. The van der Waals surface area contributed by atoms with E-state index in [1.807, 2.05) is 47.0 Å². The van der Waals surface area contributed by atoms with Gasteiger partial charge in [-0.1, -0.05) is 30.3 Å². The van der Waals surface area contributed by atoms with Gasteiger partial charge in [0.2, 0.25) is 5.82 Å². The Morgan fingerprint density at radius 1 is 0.933 bits per heavy atom. The average Bonchev–Trinajstić information content (AvgIpc) is 3.50. The van der Waals surface area contributed by atoms with Crippen LogP contribution in [0.5, 0.6) is 0 Å². The highest BCUT2D eigenvalue weighted by Gasteiger charge is 2.20. The molecule has 0 atom stereocenters. The first-order valence-corrected chi connectivity index (χ1v) is 9.70. The Hall–Kier alpha value is -3.60. The highest BCUT2D eigenvalue weighted by molar-refractivity contribution is 7.99. The Morgan fingerprint density at radius 3 is 2.57 bits per heavy atom. The minimum absolute atomic E-state index is 0.247. The van der Waals surface area contributed by atoms with Crippen LogP contribution < -0.4 is 0 Å². The molecule has 0 fully saturated rings. The van der Waals surface area contributed by atoms with Crippen molar-refractivity contribution in [3.05, 3.63) is 72.4 Å². The van der Waals surface area contributed by atoms with Crippen LogP contribution in [0, 0.1) is 0 Å². The summed E-state index contributed by atoms with van der Waals surface area (Å²) in [5.74, 6) is 0.888. The molecular formula is C19H13F2N7OS. The third-order valence-corrected chi connectivity index (χ3v) is 5.21.